The minimum Gasteiger partial charge on any atom is -0.462 e. The molecule has 0 bridgehead atoms. The molecule has 0 radical (unpaired) electrons. The lowest BCUT2D eigenvalue weighted by Crippen LogP contribution is -2.09. The number of nitriles is 1. The molecule has 0 aliphatic heterocycles. The number of thioether (sulfide) groups is 1. The van der Waals surface area contributed by atoms with E-state index in [0.717, 1.165) is 11.8 Å². The van der Waals surface area contributed by atoms with Crippen molar-refractivity contribution in [3.63, 3.8) is 0 Å². The minimum absolute atomic E-state index is 0.166. The molecule has 5 heteroatoms. The van der Waals surface area contributed by atoms with E-state index in [9.17, 15) is 4.79 Å². The Balaban J connectivity index is 4.45. The molecule has 0 saturated carbocycles. The van der Waals surface area contributed by atoms with E-state index in [2.05, 4.69) is 4.74 Å². The van der Waals surface area contributed by atoms with Crippen LogP contribution in [0.2, 0.25) is 0 Å². The molecule has 0 heterocycles. The number of rotatable bonds is 3. The van der Waals surface area contributed by atoms with Gasteiger partial charge in [-0.2, -0.15) is 5.26 Å². The van der Waals surface area contributed by atoms with E-state index < -0.39 is 5.97 Å². The van der Waals surface area contributed by atoms with Gasteiger partial charge in [0.15, 0.2) is 0 Å². The van der Waals surface area contributed by atoms with E-state index in [0.29, 0.717) is 5.70 Å². The van der Waals surface area contributed by atoms with E-state index >= 15 is 0 Å². The average Bonchev–Trinajstić information content (AvgIpc) is 1.99. The number of carbonyl (C=O) groups excluding carboxylic acids is 1. The highest BCUT2D eigenvalue weighted by Crippen LogP contribution is 2.17. The lowest BCUT2D eigenvalue weighted by molar-refractivity contribution is -0.137. The quantitative estimate of drug-likeness (QED) is 0.403. The Kier molecular flexibility index (Phi) is 4.97. The standard InChI is InChI=1S/C7H10N2O2S/c1-3-11-7(10)6(5(2)9)12-4-8/h3,9H2,1-2H3/b6-5+. The number of carbonyl (C=O) groups is 1. The lowest BCUT2D eigenvalue weighted by Gasteiger charge is -2.03. The van der Waals surface area contributed by atoms with Gasteiger partial charge in [-0.25, -0.2) is 4.79 Å². The summed E-state index contributed by atoms with van der Waals surface area (Å²) in [7, 11) is 0. The largest absolute Gasteiger partial charge is 0.462 e. The van der Waals surface area contributed by atoms with Crippen LogP contribution in [-0.2, 0) is 9.53 Å². The maximum atomic E-state index is 11.0. The fraction of sp³-hybridized carbons (Fsp3) is 0.429. The first-order chi connectivity index (χ1) is 5.63. The second-order valence-electron chi connectivity index (χ2n) is 1.93. The molecule has 0 rings (SSSR count). The Morgan fingerprint density at radius 2 is 2.33 bits per heavy atom. The third-order valence-corrected chi connectivity index (χ3v) is 1.75. The van der Waals surface area contributed by atoms with Crippen molar-refractivity contribution in [1.29, 1.82) is 5.26 Å². The number of esters is 1. The second-order valence-corrected chi connectivity index (χ2v) is 2.72. The van der Waals surface area contributed by atoms with Gasteiger partial charge in [0.05, 0.1) is 6.61 Å². The van der Waals surface area contributed by atoms with E-state index in [1.807, 2.05) is 0 Å². The van der Waals surface area contributed by atoms with Crippen LogP contribution in [0.5, 0.6) is 0 Å². The zero-order valence-electron chi connectivity index (χ0n) is 6.96. The van der Waals surface area contributed by atoms with E-state index in [1.165, 1.54) is 0 Å². The third kappa shape index (κ3) is 3.30. The number of hydrogen-bond donors (Lipinski definition) is 1. The van der Waals surface area contributed by atoms with Crippen LogP contribution in [0.4, 0.5) is 0 Å². The molecule has 2 N–H and O–H groups in total. The molecule has 0 spiro atoms. The predicted molar refractivity (Wildman–Crippen MR) is 46.7 cm³/mol. The zero-order chi connectivity index (χ0) is 9.56. The summed E-state index contributed by atoms with van der Waals surface area (Å²) in [4.78, 5) is 11.2. The number of nitrogens with two attached hydrogens (primary N) is 1. The summed E-state index contributed by atoms with van der Waals surface area (Å²) in [5, 5.41) is 10.1. The Morgan fingerprint density at radius 3 is 2.67 bits per heavy atom. The summed E-state index contributed by atoms with van der Waals surface area (Å²) in [5.41, 5.74) is 5.67. The molecule has 0 atom stereocenters. The number of hydrogen-bond acceptors (Lipinski definition) is 5. The third-order valence-electron chi connectivity index (χ3n) is 0.967. The second kappa shape index (κ2) is 5.49. The fourth-order valence-corrected chi connectivity index (χ4v) is 0.920. The van der Waals surface area contributed by atoms with Crippen molar-refractivity contribution in [2.45, 2.75) is 13.8 Å². The molecular weight excluding hydrogens is 176 g/mol. The van der Waals surface area contributed by atoms with Crippen LogP contribution in [0.25, 0.3) is 0 Å². The summed E-state index contributed by atoms with van der Waals surface area (Å²) < 4.78 is 4.67. The van der Waals surface area contributed by atoms with Crippen molar-refractivity contribution in [3.8, 4) is 5.40 Å². The van der Waals surface area contributed by atoms with E-state index in [-0.39, 0.29) is 11.5 Å². The van der Waals surface area contributed by atoms with Gasteiger partial charge in [0.2, 0.25) is 0 Å². The topological polar surface area (TPSA) is 76.1 Å². The molecule has 0 aliphatic rings. The zero-order valence-corrected chi connectivity index (χ0v) is 7.77. The Labute approximate surface area is 75.4 Å². The molecule has 0 aromatic rings. The summed E-state index contributed by atoms with van der Waals surface area (Å²) in [6.07, 6.45) is 0. The highest BCUT2D eigenvalue weighted by molar-refractivity contribution is 8.08. The highest BCUT2D eigenvalue weighted by Gasteiger charge is 2.13. The van der Waals surface area contributed by atoms with Crippen LogP contribution in [0.15, 0.2) is 10.6 Å². The van der Waals surface area contributed by atoms with Crippen LogP contribution in [0.1, 0.15) is 13.8 Å². The molecule has 66 valence electrons. The Hall–Kier alpha value is -1.15. The van der Waals surface area contributed by atoms with Gasteiger partial charge in [-0.1, -0.05) is 0 Å². The summed E-state index contributed by atoms with van der Waals surface area (Å²) in [5.74, 6) is -0.538. The fourth-order valence-electron chi connectivity index (χ4n) is 0.525. The van der Waals surface area contributed by atoms with Crippen LogP contribution in [0.3, 0.4) is 0 Å². The van der Waals surface area contributed by atoms with Crippen LogP contribution >= 0.6 is 11.8 Å². The molecule has 12 heavy (non-hydrogen) atoms. The number of ether oxygens (including phenoxy) is 1. The molecule has 0 aromatic heterocycles. The molecule has 0 unspecified atom stereocenters. The SMILES string of the molecule is CCOC(=O)/C(SC#N)=C(/C)N. The Bertz CT molecular complexity index is 238. The van der Waals surface area contributed by atoms with Crippen molar-refractivity contribution in [2.75, 3.05) is 6.61 Å². The van der Waals surface area contributed by atoms with Crippen LogP contribution < -0.4 is 5.73 Å². The predicted octanol–water partition coefficient (Wildman–Crippen LogP) is 0.954. The van der Waals surface area contributed by atoms with Crippen molar-refractivity contribution in [1.82, 2.24) is 0 Å². The number of thiocyanates is 1. The average molecular weight is 186 g/mol. The van der Waals surface area contributed by atoms with Gasteiger partial charge in [0, 0.05) is 5.70 Å². The summed E-state index contributed by atoms with van der Waals surface area (Å²) in [6, 6.07) is 0. The van der Waals surface area contributed by atoms with Crippen LogP contribution in [-0.4, -0.2) is 12.6 Å². The first kappa shape index (κ1) is 10.8. The van der Waals surface area contributed by atoms with E-state index in [1.54, 1.807) is 19.2 Å². The van der Waals surface area contributed by atoms with Crippen molar-refractivity contribution in [2.24, 2.45) is 5.73 Å². The molecule has 0 fully saturated rings. The summed E-state index contributed by atoms with van der Waals surface area (Å²) >= 11 is 0.718. The van der Waals surface area contributed by atoms with Crippen molar-refractivity contribution >= 4 is 17.7 Å². The van der Waals surface area contributed by atoms with Crippen molar-refractivity contribution < 1.29 is 9.53 Å². The molecular formula is C7H10N2O2S. The normalized spacial score (nSPS) is 11.4. The maximum Gasteiger partial charge on any atom is 0.347 e. The molecule has 0 amide bonds. The first-order valence-electron chi connectivity index (χ1n) is 3.32. The number of allylic oxidation sites excluding steroid dienone is 1. The van der Waals surface area contributed by atoms with Gasteiger partial charge >= 0.3 is 5.97 Å². The minimum atomic E-state index is -0.538. The molecule has 0 aromatic carbocycles. The number of nitrogens with zero attached hydrogens (tertiary/aromatic N) is 1. The maximum absolute atomic E-state index is 11.0. The Morgan fingerprint density at radius 1 is 1.75 bits per heavy atom. The summed E-state index contributed by atoms with van der Waals surface area (Å²) in [6.45, 7) is 3.52. The van der Waals surface area contributed by atoms with Crippen LogP contribution in [0, 0.1) is 10.7 Å². The van der Waals surface area contributed by atoms with Gasteiger partial charge in [-0.3, -0.25) is 0 Å². The van der Waals surface area contributed by atoms with Gasteiger partial charge in [-0.05, 0) is 25.6 Å². The highest BCUT2D eigenvalue weighted by atomic mass is 32.2. The molecule has 0 saturated heterocycles. The van der Waals surface area contributed by atoms with Gasteiger partial charge in [0.1, 0.15) is 10.3 Å². The lowest BCUT2D eigenvalue weighted by atomic mass is 10.4. The van der Waals surface area contributed by atoms with Gasteiger partial charge < -0.3 is 10.5 Å². The monoisotopic (exact) mass is 186 g/mol. The first-order valence-corrected chi connectivity index (χ1v) is 4.14. The smallest absolute Gasteiger partial charge is 0.347 e. The van der Waals surface area contributed by atoms with Crippen molar-refractivity contribution in [3.05, 3.63) is 10.6 Å². The molecule has 0 aliphatic carbocycles. The van der Waals surface area contributed by atoms with E-state index in [4.69, 9.17) is 11.0 Å². The van der Waals surface area contributed by atoms with Gasteiger partial charge in [-0.15, -0.1) is 0 Å². The molecule has 4 nitrogen and oxygen atoms in total. The van der Waals surface area contributed by atoms with Gasteiger partial charge in [0.25, 0.3) is 0 Å².